The van der Waals surface area contributed by atoms with Gasteiger partial charge in [-0.15, -0.1) is 0 Å². The van der Waals surface area contributed by atoms with Crippen molar-refractivity contribution in [1.29, 1.82) is 0 Å². The van der Waals surface area contributed by atoms with Gasteiger partial charge < -0.3 is 100 Å². The van der Waals surface area contributed by atoms with Crippen LogP contribution in [0.25, 0.3) is 0 Å². The van der Waals surface area contributed by atoms with Crippen molar-refractivity contribution in [3.05, 3.63) is 65.5 Å². The Bertz CT molecular complexity index is 3410. The van der Waals surface area contributed by atoms with Crippen molar-refractivity contribution in [2.24, 2.45) is 23.0 Å². The molecule has 6 rings (SSSR count). The maximum absolute atomic E-state index is 15.0. The number of aliphatic hydroxyl groups is 4. The van der Waals surface area contributed by atoms with E-state index in [0.717, 1.165) is 11.1 Å². The summed E-state index contributed by atoms with van der Waals surface area (Å²) in [5.41, 5.74) is 6.91. The Balaban J connectivity index is 1.36. The van der Waals surface area contributed by atoms with Gasteiger partial charge in [0.1, 0.15) is 66.5 Å². The summed E-state index contributed by atoms with van der Waals surface area (Å²) in [6, 6.07) is -4.48. The third-order valence-electron chi connectivity index (χ3n) is 20.1. The van der Waals surface area contributed by atoms with Crippen LogP contribution in [0, 0.1) is 17.3 Å². The second-order valence-corrected chi connectivity index (χ2v) is 32.6. The molecule has 14 atom stereocenters. The maximum Gasteiger partial charge on any atom is 0.303 e. The Kier molecular flexibility index (Phi) is 37.5. The van der Waals surface area contributed by atoms with Crippen LogP contribution in [0.1, 0.15) is 181 Å². The molecule has 33 nitrogen and oxygen atoms in total. The van der Waals surface area contributed by atoms with Crippen LogP contribution in [-0.2, 0) is 80.3 Å². The van der Waals surface area contributed by atoms with E-state index in [-0.39, 0.29) is 81.1 Å². The lowest BCUT2D eigenvalue weighted by atomic mass is 9.82. The monoisotopic (exact) mass is 1580 g/mol. The van der Waals surface area contributed by atoms with E-state index in [2.05, 4.69) is 74.1 Å². The molecule has 0 spiro atoms. The molecule has 0 radical (unpaired) electrons. The number of aliphatic hydroxyl groups excluding tert-OH is 4. The zero-order valence-corrected chi connectivity index (χ0v) is 65.7. The molecule has 1 unspecified atom stereocenters. The SMILES string of the molecule is CCC[C@@H]1NC(=O)[C@H](Cc2ccccn2)NC(=O)[C@H]([C@@H](C)O)NC(=O)[C@H](CC2CNCN2)NC(=O)[C@H](CC2CCC(O)CC2)NC(=O)[C@H](C(C)(C)C)NC(=O)CCSCc2cccc(c2)CSC[C@@H](C(N)=O)NC(=O)[C@H]([C@@H](C)O)NC(=O)[C@H](CCC)NC(=O)[C@H](CC2CCC(O)CC2)NC(=O)[C@H](CCC(=O)O)NC1=O. The predicted molar refractivity (Wildman–Crippen MR) is 411 cm³/mol. The normalized spacial score (nSPS) is 29.6. The number of aliphatic carboxylic acids is 1. The maximum atomic E-state index is 15.0. The Morgan fingerprint density at radius 3 is 1.47 bits per heavy atom. The first-order chi connectivity index (χ1) is 52.2. The molecule has 2 aromatic rings. The summed E-state index contributed by atoms with van der Waals surface area (Å²) in [4.78, 5) is 190. The molecular formula is C75H117N15O18S2. The van der Waals surface area contributed by atoms with E-state index in [1.807, 2.05) is 24.3 Å². The molecule has 3 fully saturated rings. The molecule has 20 N–H and O–H groups in total. The van der Waals surface area contributed by atoms with E-state index < -0.39 is 192 Å². The Morgan fingerprint density at radius 2 is 1.00 bits per heavy atom. The van der Waals surface area contributed by atoms with Crippen molar-refractivity contribution in [3.63, 3.8) is 0 Å². The number of carboxylic acids is 1. The summed E-state index contributed by atoms with van der Waals surface area (Å²) in [7, 11) is 0. The summed E-state index contributed by atoms with van der Waals surface area (Å²) in [6.45, 7) is 11.8. The third-order valence-corrected chi connectivity index (χ3v) is 22.2. The number of carbonyl (C=O) groups excluding carboxylic acids is 12. The zero-order valence-electron chi connectivity index (χ0n) is 64.1. The van der Waals surface area contributed by atoms with Crippen molar-refractivity contribution in [3.8, 4) is 0 Å². The van der Waals surface area contributed by atoms with Crippen LogP contribution in [0.4, 0.5) is 0 Å². The van der Waals surface area contributed by atoms with Crippen molar-refractivity contribution < 1.29 is 87.9 Å². The smallest absolute Gasteiger partial charge is 0.303 e. The van der Waals surface area contributed by atoms with Crippen LogP contribution >= 0.6 is 23.5 Å². The van der Waals surface area contributed by atoms with Crippen molar-refractivity contribution >= 4 is 100 Å². The summed E-state index contributed by atoms with van der Waals surface area (Å²) in [5.74, 6) is -11.3. The van der Waals surface area contributed by atoms with Crippen LogP contribution in [-0.4, -0.2) is 229 Å². The second-order valence-electron chi connectivity index (χ2n) is 30.5. The van der Waals surface area contributed by atoms with E-state index in [9.17, 15) is 87.9 Å². The molecule has 12 amide bonds. The number of fused-ring (bicyclic) bond motifs is 2. The highest BCUT2D eigenvalue weighted by Gasteiger charge is 2.42. The van der Waals surface area contributed by atoms with Gasteiger partial charge in [0, 0.05) is 73.4 Å². The number of nitrogens with one attached hydrogen (secondary N) is 13. The second kappa shape index (κ2) is 45.4. The van der Waals surface area contributed by atoms with Gasteiger partial charge in [0.05, 0.1) is 24.4 Å². The van der Waals surface area contributed by atoms with Gasteiger partial charge in [-0.3, -0.25) is 67.3 Å². The molecule has 612 valence electrons. The molecule has 1 saturated heterocycles. The molecule has 1 aromatic carbocycles. The minimum Gasteiger partial charge on any atom is -0.481 e. The molecule has 35 heteroatoms. The van der Waals surface area contributed by atoms with Crippen LogP contribution in [0.5, 0.6) is 0 Å². The van der Waals surface area contributed by atoms with E-state index in [1.165, 1.54) is 43.6 Å². The number of hydrogen-bond donors (Lipinski definition) is 19. The summed E-state index contributed by atoms with van der Waals surface area (Å²) in [6.07, 6.45) is -0.713. The quantitative estimate of drug-likeness (QED) is 0.0858. The number of carbonyl (C=O) groups is 13. The first-order valence-electron chi connectivity index (χ1n) is 38.4. The number of aromatic nitrogens is 1. The number of amides is 12. The fraction of sp³-hybridized carbons (Fsp3) is 0.680. The fourth-order valence-electron chi connectivity index (χ4n) is 13.7. The average molecular weight is 1580 g/mol. The lowest BCUT2D eigenvalue weighted by molar-refractivity contribution is -0.139. The highest BCUT2D eigenvalue weighted by atomic mass is 32.2. The number of pyridine rings is 1. The number of nitrogens with two attached hydrogens (primary N) is 1. The van der Waals surface area contributed by atoms with E-state index in [0.29, 0.717) is 81.8 Å². The molecular weight excluding hydrogens is 1460 g/mol. The number of thioether (sulfide) groups is 2. The molecule has 2 aliphatic carbocycles. The van der Waals surface area contributed by atoms with Crippen LogP contribution in [0.15, 0.2) is 48.7 Å². The summed E-state index contributed by atoms with van der Waals surface area (Å²) >= 11 is 2.72. The number of nitrogens with zero attached hydrogens (tertiary/aromatic N) is 1. The third kappa shape index (κ3) is 30.6. The molecule has 2 saturated carbocycles. The predicted octanol–water partition coefficient (Wildman–Crippen LogP) is -0.923. The molecule has 4 aliphatic rings. The van der Waals surface area contributed by atoms with Crippen LogP contribution < -0.4 is 74.9 Å². The minimum atomic E-state index is -1.82. The van der Waals surface area contributed by atoms with Gasteiger partial charge in [0.25, 0.3) is 0 Å². The molecule has 3 heterocycles. The lowest BCUT2D eigenvalue weighted by Gasteiger charge is -2.34. The van der Waals surface area contributed by atoms with Gasteiger partial charge in [-0.05, 0) is 144 Å². The number of primary amides is 1. The van der Waals surface area contributed by atoms with Crippen molar-refractivity contribution in [2.75, 3.05) is 24.7 Å². The van der Waals surface area contributed by atoms with Gasteiger partial charge in [-0.25, -0.2) is 0 Å². The first kappa shape index (κ1) is 90.8. The van der Waals surface area contributed by atoms with Gasteiger partial charge in [0.15, 0.2) is 0 Å². The van der Waals surface area contributed by atoms with Gasteiger partial charge in [-0.2, -0.15) is 23.5 Å². The molecule has 110 heavy (non-hydrogen) atoms. The zero-order chi connectivity index (χ0) is 80.8. The molecule has 2 bridgehead atoms. The Hall–Kier alpha value is -8.06. The highest BCUT2D eigenvalue weighted by molar-refractivity contribution is 7.98. The van der Waals surface area contributed by atoms with Crippen LogP contribution in [0.3, 0.4) is 0 Å². The van der Waals surface area contributed by atoms with E-state index in [1.54, 1.807) is 52.8 Å². The van der Waals surface area contributed by atoms with Gasteiger partial charge in [0.2, 0.25) is 70.9 Å². The summed E-state index contributed by atoms with van der Waals surface area (Å²) in [5, 5.41) is 88.9. The first-order valence-corrected chi connectivity index (χ1v) is 40.7. The topological polar surface area (TPSA) is 518 Å². The number of carboxylic acid groups (broad SMARTS) is 1. The van der Waals surface area contributed by atoms with E-state index in [4.69, 9.17) is 5.73 Å². The fourth-order valence-corrected chi connectivity index (χ4v) is 15.6. The lowest BCUT2D eigenvalue weighted by Crippen LogP contribution is -2.63. The highest BCUT2D eigenvalue weighted by Crippen LogP contribution is 2.31. The van der Waals surface area contributed by atoms with Gasteiger partial charge in [-0.1, -0.05) is 77.8 Å². The number of benzene rings is 1. The van der Waals surface area contributed by atoms with Crippen molar-refractivity contribution in [2.45, 2.75) is 279 Å². The number of hydrogen-bond acceptors (Lipinski definition) is 22. The van der Waals surface area contributed by atoms with Crippen LogP contribution in [0.2, 0.25) is 0 Å². The standard InChI is InChI=1S/C75H117N15O18S2/c1-8-13-51-65(99)82-53(26-27-60(96)97)66(100)83-54(32-43-18-22-49(93)23-19-43)68(102)81-52(14-9-2)67(101)89-62(42(4)92)73(107)87-58(64(76)98)39-110-38-46-16-12-15-45(31-46)37-109-30-28-59(95)88-63(75(5,6)7)74(108)86-55(33-44-20-24-50(94)25-21-44)69(103)84-57(35-48-36-77-40-79-48)71(105)90-61(41(3)91)72(106)85-56(70(104)80-51)34-47-17-10-11-29-78-47/h10-12,15-17,29,31,41-44,48-58,61-63,77,79,91-94H,8-9,13-14,18-28,30,32-40H2,1-7H3,(H2,76,98)(H,80,104)(H,81,102)(H,82,99)(H,83,100)(H,84,103)(H,85,106)(H,86,108)(H,87,107)(H,88,95)(H,89,101)(H,90,105)(H,96,97)/t41-,42-,43?,44?,48?,49?,50?,51+,52+,53+,54+,55+,56+,57+,58+,61+,62+,63-/m1/s1. The molecule has 2 aliphatic heterocycles. The Labute approximate surface area is 651 Å². The molecule has 1 aromatic heterocycles. The average Bonchev–Trinajstić information content (AvgIpc) is 1.33. The largest absolute Gasteiger partial charge is 0.481 e. The minimum absolute atomic E-state index is 0.00102. The Morgan fingerprint density at radius 1 is 0.545 bits per heavy atom. The summed E-state index contributed by atoms with van der Waals surface area (Å²) < 4.78 is 0. The van der Waals surface area contributed by atoms with Gasteiger partial charge >= 0.3 is 5.97 Å². The van der Waals surface area contributed by atoms with Crippen molar-refractivity contribution in [1.82, 2.24) is 74.1 Å². The number of rotatable bonds is 18. The van der Waals surface area contributed by atoms with E-state index >= 15 is 0 Å².